The van der Waals surface area contributed by atoms with Crippen molar-refractivity contribution in [2.75, 3.05) is 12.0 Å². The highest BCUT2D eigenvalue weighted by Gasteiger charge is 2.01. The lowest BCUT2D eigenvalue weighted by Crippen LogP contribution is -2.11. The zero-order valence-electron chi connectivity index (χ0n) is 9.43. The summed E-state index contributed by atoms with van der Waals surface area (Å²) in [6.07, 6.45) is 2.65. The van der Waals surface area contributed by atoms with Gasteiger partial charge in [-0.15, -0.1) is 11.3 Å². The first kappa shape index (κ1) is 12.0. The first-order chi connectivity index (χ1) is 8.40. The molecule has 4 nitrogen and oxygen atoms in total. The molecule has 0 unspecified atom stereocenters. The van der Waals surface area contributed by atoms with Crippen molar-refractivity contribution in [3.63, 3.8) is 0 Å². The molecule has 17 heavy (non-hydrogen) atoms. The average Bonchev–Trinajstić information content (AvgIpc) is 2.88. The van der Waals surface area contributed by atoms with Crippen LogP contribution in [0.25, 0.3) is 0 Å². The number of aromatic nitrogens is 1. The molecule has 90 valence electrons. The minimum absolute atomic E-state index is 0.527. The van der Waals surface area contributed by atoms with E-state index in [1.807, 2.05) is 12.1 Å². The fraction of sp³-hybridized carbons (Fsp3) is 0.250. The molecule has 2 aromatic heterocycles. The third-order valence-corrected chi connectivity index (χ3v) is 3.29. The van der Waals surface area contributed by atoms with E-state index in [0.717, 1.165) is 12.0 Å². The number of anilines is 1. The van der Waals surface area contributed by atoms with E-state index in [1.165, 1.54) is 4.88 Å². The Bertz CT molecular complexity index is 445. The molecular formula is C12H15N3OS. The first-order valence-electron chi connectivity index (χ1n) is 5.41. The van der Waals surface area contributed by atoms with Gasteiger partial charge in [0.15, 0.2) is 0 Å². The number of thiophene rings is 1. The van der Waals surface area contributed by atoms with Crippen molar-refractivity contribution in [3.8, 4) is 0 Å². The summed E-state index contributed by atoms with van der Waals surface area (Å²) < 4.78 is 5.61. The fourth-order valence-corrected chi connectivity index (χ4v) is 2.19. The van der Waals surface area contributed by atoms with Gasteiger partial charge in [-0.3, -0.25) is 0 Å². The van der Waals surface area contributed by atoms with Crippen LogP contribution in [-0.4, -0.2) is 11.6 Å². The smallest absolute Gasteiger partial charge is 0.145 e. The minimum Gasteiger partial charge on any atom is -0.376 e. The van der Waals surface area contributed by atoms with E-state index in [9.17, 15) is 0 Å². The van der Waals surface area contributed by atoms with E-state index in [-0.39, 0.29) is 0 Å². The van der Waals surface area contributed by atoms with Gasteiger partial charge >= 0.3 is 0 Å². The van der Waals surface area contributed by atoms with Crippen molar-refractivity contribution in [2.24, 2.45) is 5.84 Å². The molecule has 0 saturated carbocycles. The molecule has 0 atom stereocenters. The summed E-state index contributed by atoms with van der Waals surface area (Å²) >= 11 is 1.75. The molecule has 0 spiro atoms. The molecule has 0 radical (unpaired) electrons. The maximum Gasteiger partial charge on any atom is 0.145 e. The SMILES string of the molecule is NNc1ncccc1COCCc1cccs1. The summed E-state index contributed by atoms with van der Waals surface area (Å²) in [6, 6.07) is 7.99. The van der Waals surface area contributed by atoms with E-state index in [1.54, 1.807) is 17.5 Å². The van der Waals surface area contributed by atoms with E-state index in [2.05, 4.69) is 27.9 Å². The Hall–Kier alpha value is -1.43. The number of nitrogen functional groups attached to an aromatic ring is 1. The van der Waals surface area contributed by atoms with Gasteiger partial charge in [-0.05, 0) is 17.5 Å². The van der Waals surface area contributed by atoms with Crippen molar-refractivity contribution in [1.82, 2.24) is 4.98 Å². The van der Waals surface area contributed by atoms with Crippen LogP contribution >= 0.6 is 11.3 Å². The van der Waals surface area contributed by atoms with E-state index < -0.39 is 0 Å². The zero-order chi connectivity index (χ0) is 11.9. The van der Waals surface area contributed by atoms with Crippen molar-refractivity contribution in [2.45, 2.75) is 13.0 Å². The summed E-state index contributed by atoms with van der Waals surface area (Å²) in [6.45, 7) is 1.23. The van der Waals surface area contributed by atoms with Gasteiger partial charge in [0.1, 0.15) is 5.82 Å². The third-order valence-electron chi connectivity index (χ3n) is 2.36. The molecule has 0 aliphatic rings. The average molecular weight is 249 g/mol. The Kier molecular flexibility index (Phi) is 4.49. The standard InChI is InChI=1S/C12H15N3OS/c13-15-12-10(3-1-6-14-12)9-16-7-5-11-4-2-8-17-11/h1-4,6,8H,5,7,9,13H2,(H,14,15). The Morgan fingerprint density at radius 2 is 2.29 bits per heavy atom. The second-order valence-electron chi connectivity index (χ2n) is 3.54. The van der Waals surface area contributed by atoms with Gasteiger partial charge in [0.25, 0.3) is 0 Å². The predicted octanol–water partition coefficient (Wildman–Crippen LogP) is 2.19. The Morgan fingerprint density at radius 1 is 1.35 bits per heavy atom. The van der Waals surface area contributed by atoms with Crippen LogP contribution in [0.3, 0.4) is 0 Å². The number of hydrogen-bond acceptors (Lipinski definition) is 5. The summed E-state index contributed by atoms with van der Waals surface area (Å²) in [4.78, 5) is 5.45. The van der Waals surface area contributed by atoms with Gasteiger partial charge < -0.3 is 10.2 Å². The summed E-state index contributed by atoms with van der Waals surface area (Å²) in [5, 5.41) is 2.08. The lowest BCUT2D eigenvalue weighted by molar-refractivity contribution is 0.124. The molecule has 5 heteroatoms. The second kappa shape index (κ2) is 6.34. The molecule has 2 rings (SSSR count). The molecule has 0 aromatic carbocycles. The van der Waals surface area contributed by atoms with E-state index >= 15 is 0 Å². The van der Waals surface area contributed by atoms with Gasteiger partial charge in [0.05, 0.1) is 13.2 Å². The maximum absolute atomic E-state index is 5.61. The quantitative estimate of drug-likeness (QED) is 0.468. The molecule has 2 aromatic rings. The normalized spacial score (nSPS) is 10.4. The van der Waals surface area contributed by atoms with Gasteiger partial charge in [-0.2, -0.15) is 0 Å². The highest BCUT2D eigenvalue weighted by Crippen LogP contribution is 2.12. The maximum atomic E-state index is 5.61. The van der Waals surface area contributed by atoms with Crippen LogP contribution in [-0.2, 0) is 17.8 Å². The van der Waals surface area contributed by atoms with E-state index in [4.69, 9.17) is 10.6 Å². The number of pyridine rings is 1. The zero-order valence-corrected chi connectivity index (χ0v) is 10.2. The van der Waals surface area contributed by atoms with Crippen molar-refractivity contribution >= 4 is 17.2 Å². The number of hydrazine groups is 1. The summed E-state index contributed by atoms with van der Waals surface area (Å²) in [7, 11) is 0. The van der Waals surface area contributed by atoms with Gasteiger partial charge in [-0.25, -0.2) is 10.8 Å². The van der Waals surface area contributed by atoms with Crippen LogP contribution in [0.2, 0.25) is 0 Å². The second-order valence-corrected chi connectivity index (χ2v) is 4.57. The van der Waals surface area contributed by atoms with Crippen molar-refractivity contribution < 1.29 is 4.74 Å². The highest BCUT2D eigenvalue weighted by molar-refractivity contribution is 7.09. The molecule has 0 aliphatic carbocycles. The summed E-state index contributed by atoms with van der Waals surface area (Å²) in [5.41, 5.74) is 3.53. The fourth-order valence-electron chi connectivity index (χ4n) is 1.49. The number of hydrogen-bond donors (Lipinski definition) is 2. The minimum atomic E-state index is 0.527. The number of nitrogens with one attached hydrogen (secondary N) is 1. The lowest BCUT2D eigenvalue weighted by atomic mass is 10.3. The largest absolute Gasteiger partial charge is 0.376 e. The van der Waals surface area contributed by atoms with Crippen LogP contribution in [0.4, 0.5) is 5.82 Å². The molecule has 2 heterocycles. The Balaban J connectivity index is 1.78. The molecule has 0 aliphatic heterocycles. The summed E-state index contributed by atoms with van der Waals surface area (Å²) in [5.74, 6) is 6.04. The number of nitrogens with two attached hydrogens (primary N) is 1. The van der Waals surface area contributed by atoms with Crippen LogP contribution in [0.1, 0.15) is 10.4 Å². The predicted molar refractivity (Wildman–Crippen MR) is 69.7 cm³/mol. The number of nitrogens with zero attached hydrogens (tertiary/aromatic N) is 1. The number of rotatable bonds is 6. The Morgan fingerprint density at radius 3 is 3.06 bits per heavy atom. The van der Waals surface area contributed by atoms with Crippen LogP contribution < -0.4 is 11.3 Å². The third kappa shape index (κ3) is 3.52. The van der Waals surface area contributed by atoms with Crippen LogP contribution in [0.5, 0.6) is 0 Å². The van der Waals surface area contributed by atoms with Crippen LogP contribution in [0.15, 0.2) is 35.8 Å². The number of ether oxygens (including phenoxy) is 1. The van der Waals surface area contributed by atoms with Gasteiger partial charge in [0, 0.05) is 23.1 Å². The molecule has 0 amide bonds. The van der Waals surface area contributed by atoms with Crippen LogP contribution in [0, 0.1) is 0 Å². The Labute approximate surface area is 104 Å². The molecule has 0 bridgehead atoms. The lowest BCUT2D eigenvalue weighted by Gasteiger charge is -2.07. The first-order valence-corrected chi connectivity index (χ1v) is 6.29. The van der Waals surface area contributed by atoms with Crippen molar-refractivity contribution in [1.29, 1.82) is 0 Å². The molecule has 0 fully saturated rings. The molecule has 3 N–H and O–H groups in total. The highest BCUT2D eigenvalue weighted by atomic mass is 32.1. The van der Waals surface area contributed by atoms with Crippen molar-refractivity contribution in [3.05, 3.63) is 46.3 Å². The molecular weight excluding hydrogens is 234 g/mol. The monoisotopic (exact) mass is 249 g/mol. The topological polar surface area (TPSA) is 60.2 Å². The van der Waals surface area contributed by atoms with Gasteiger partial charge in [0.2, 0.25) is 0 Å². The van der Waals surface area contributed by atoms with E-state index in [0.29, 0.717) is 19.0 Å². The van der Waals surface area contributed by atoms with Gasteiger partial charge in [-0.1, -0.05) is 12.1 Å². The molecule has 0 saturated heterocycles.